The van der Waals surface area contributed by atoms with E-state index in [4.69, 9.17) is 0 Å². The van der Waals surface area contributed by atoms with Crippen molar-refractivity contribution in [1.82, 2.24) is 19.4 Å². The Morgan fingerprint density at radius 3 is 2.31 bits per heavy atom. The highest BCUT2D eigenvalue weighted by molar-refractivity contribution is 7.89. The largest absolute Gasteiger partial charge is 0.338 e. The Hall–Kier alpha value is -2.13. The number of amides is 3. The van der Waals surface area contributed by atoms with E-state index in [1.165, 1.54) is 4.31 Å². The number of nitrogens with zero attached hydrogens (tertiary/aromatic N) is 3. The van der Waals surface area contributed by atoms with Gasteiger partial charge in [-0.2, -0.15) is 4.31 Å². The van der Waals surface area contributed by atoms with E-state index in [9.17, 15) is 18.0 Å². The summed E-state index contributed by atoms with van der Waals surface area (Å²) in [5.74, 6) is -0.0245. The molecule has 0 radical (unpaired) electrons. The van der Waals surface area contributed by atoms with Crippen molar-refractivity contribution in [2.45, 2.75) is 72.4 Å². The number of hydrogen-bond acceptors (Lipinski definition) is 4. The molecule has 9 heteroatoms. The smallest absolute Gasteiger partial charge is 0.317 e. The molecule has 1 heterocycles. The van der Waals surface area contributed by atoms with Crippen molar-refractivity contribution >= 4 is 22.0 Å². The van der Waals surface area contributed by atoms with Gasteiger partial charge in [0.2, 0.25) is 15.9 Å². The van der Waals surface area contributed by atoms with Gasteiger partial charge in [0.15, 0.2) is 0 Å². The fourth-order valence-corrected chi connectivity index (χ4v) is 5.98. The van der Waals surface area contributed by atoms with Gasteiger partial charge in [-0.25, -0.2) is 13.2 Å². The number of carbonyl (C=O) groups is 2. The second-order valence-corrected chi connectivity index (χ2v) is 11.9. The number of likely N-dealkylation sites (tertiary alicyclic amines) is 1. The highest BCUT2D eigenvalue weighted by Crippen LogP contribution is 2.21. The first kappa shape index (κ1) is 29.1. The van der Waals surface area contributed by atoms with Crippen molar-refractivity contribution in [3.63, 3.8) is 0 Å². The van der Waals surface area contributed by atoms with Gasteiger partial charge in [0.1, 0.15) is 0 Å². The van der Waals surface area contributed by atoms with Crippen LogP contribution in [0.25, 0.3) is 0 Å². The summed E-state index contributed by atoms with van der Waals surface area (Å²) in [5.41, 5.74) is 1.01. The summed E-state index contributed by atoms with van der Waals surface area (Å²) >= 11 is 0. The molecule has 0 aliphatic carbocycles. The van der Waals surface area contributed by atoms with E-state index in [0.717, 1.165) is 18.4 Å². The number of nitrogens with one attached hydrogen (secondary N) is 1. The Kier molecular flexibility index (Phi) is 12.0. The van der Waals surface area contributed by atoms with Gasteiger partial charge >= 0.3 is 6.03 Å². The summed E-state index contributed by atoms with van der Waals surface area (Å²) in [4.78, 5) is 29.7. The molecular formula is C26H44N4O4S. The first-order chi connectivity index (χ1) is 16.7. The SMILES string of the molecule is CCCCNC(=O)N1CCC(N(Cc2ccccc2)C(=O)CN(CC(C)C)S(=O)(=O)CCC)CC1. The van der Waals surface area contributed by atoms with Crippen molar-refractivity contribution in [3.8, 4) is 0 Å². The molecule has 8 nitrogen and oxygen atoms in total. The third-order valence-electron chi connectivity index (χ3n) is 6.25. The van der Waals surface area contributed by atoms with Crippen LogP contribution in [-0.4, -0.2) is 79.0 Å². The van der Waals surface area contributed by atoms with Crippen LogP contribution < -0.4 is 5.32 Å². The zero-order valence-corrected chi connectivity index (χ0v) is 22.7. The Bertz CT molecular complexity index is 884. The number of piperidine rings is 1. The summed E-state index contributed by atoms with van der Waals surface area (Å²) in [6.07, 6.45) is 3.84. The fourth-order valence-electron chi connectivity index (χ4n) is 4.38. The van der Waals surface area contributed by atoms with Crippen LogP contribution >= 0.6 is 0 Å². The fraction of sp³-hybridized carbons (Fsp3) is 0.692. The lowest BCUT2D eigenvalue weighted by Gasteiger charge is -2.39. The molecule has 198 valence electrons. The number of carbonyl (C=O) groups excluding carboxylic acids is 2. The molecule has 0 saturated carbocycles. The molecule has 0 aromatic heterocycles. The Labute approximate surface area is 212 Å². The third-order valence-corrected chi connectivity index (χ3v) is 8.24. The molecule has 0 spiro atoms. The minimum atomic E-state index is -3.51. The van der Waals surface area contributed by atoms with E-state index >= 15 is 0 Å². The topological polar surface area (TPSA) is 90.0 Å². The predicted molar refractivity (Wildman–Crippen MR) is 140 cm³/mol. The third kappa shape index (κ3) is 9.44. The highest BCUT2D eigenvalue weighted by Gasteiger charge is 2.32. The van der Waals surface area contributed by atoms with E-state index in [-0.39, 0.29) is 36.2 Å². The lowest BCUT2D eigenvalue weighted by Crippen LogP contribution is -2.53. The van der Waals surface area contributed by atoms with Crippen LogP contribution in [0.2, 0.25) is 0 Å². The van der Waals surface area contributed by atoms with Crippen LogP contribution in [0.4, 0.5) is 4.79 Å². The minimum absolute atomic E-state index is 0.0389. The number of rotatable bonds is 13. The average Bonchev–Trinajstić information content (AvgIpc) is 2.82. The van der Waals surface area contributed by atoms with Gasteiger partial charge in [-0.1, -0.05) is 64.4 Å². The molecule has 1 saturated heterocycles. The molecule has 1 fully saturated rings. The lowest BCUT2D eigenvalue weighted by molar-refractivity contribution is -0.135. The molecule has 2 rings (SSSR count). The molecule has 1 aromatic carbocycles. The predicted octanol–water partition coefficient (Wildman–Crippen LogP) is 3.69. The van der Waals surface area contributed by atoms with E-state index in [1.807, 2.05) is 60.9 Å². The molecule has 1 aliphatic rings. The molecule has 1 aliphatic heterocycles. The van der Waals surface area contributed by atoms with Gasteiger partial charge in [-0.05, 0) is 37.2 Å². The standard InChI is InChI=1S/C26H44N4O4S/c1-5-7-15-27-26(32)28-16-13-24(14-17-28)30(20-23-11-9-8-10-12-23)25(31)21-29(19-22(3)4)35(33,34)18-6-2/h8-12,22,24H,5-7,13-21H2,1-4H3,(H,27,32). The first-order valence-corrected chi connectivity index (χ1v) is 14.6. The number of sulfonamides is 1. The number of hydrogen-bond donors (Lipinski definition) is 1. The van der Waals surface area contributed by atoms with Crippen LogP contribution in [0.1, 0.15) is 65.4 Å². The molecule has 0 bridgehead atoms. The van der Waals surface area contributed by atoms with E-state index in [2.05, 4.69) is 12.2 Å². The van der Waals surface area contributed by atoms with Crippen molar-refractivity contribution in [3.05, 3.63) is 35.9 Å². The molecule has 1 aromatic rings. The van der Waals surface area contributed by atoms with Crippen LogP contribution in [0, 0.1) is 5.92 Å². The van der Waals surface area contributed by atoms with Gasteiger partial charge in [0.25, 0.3) is 0 Å². The Balaban J connectivity index is 2.15. The maximum Gasteiger partial charge on any atom is 0.317 e. The summed E-state index contributed by atoms with van der Waals surface area (Å²) in [5, 5.41) is 2.97. The summed E-state index contributed by atoms with van der Waals surface area (Å²) < 4.78 is 27.1. The van der Waals surface area contributed by atoms with E-state index in [1.54, 1.807) is 0 Å². The second-order valence-electron chi connectivity index (χ2n) is 9.81. The second kappa shape index (κ2) is 14.4. The molecule has 0 unspecified atom stereocenters. The average molecular weight is 509 g/mol. The summed E-state index contributed by atoms with van der Waals surface area (Å²) in [6, 6.07) is 9.69. The molecule has 0 atom stereocenters. The van der Waals surface area contributed by atoms with Crippen molar-refractivity contribution in [2.75, 3.05) is 38.5 Å². The lowest BCUT2D eigenvalue weighted by atomic mass is 10.0. The quantitative estimate of drug-likeness (QED) is 0.412. The van der Waals surface area contributed by atoms with E-state index in [0.29, 0.717) is 52.0 Å². The number of urea groups is 1. The monoisotopic (exact) mass is 508 g/mol. The maximum absolute atomic E-state index is 13.6. The number of unbranched alkanes of at least 4 members (excludes halogenated alkanes) is 1. The molecule has 35 heavy (non-hydrogen) atoms. The first-order valence-electron chi connectivity index (χ1n) is 13.0. The van der Waals surface area contributed by atoms with Crippen LogP contribution in [0.3, 0.4) is 0 Å². The van der Waals surface area contributed by atoms with Gasteiger partial charge in [-0.15, -0.1) is 0 Å². The molecular weight excluding hydrogens is 464 g/mol. The van der Waals surface area contributed by atoms with Crippen molar-refractivity contribution in [2.24, 2.45) is 5.92 Å². The van der Waals surface area contributed by atoms with Crippen molar-refractivity contribution < 1.29 is 18.0 Å². The van der Waals surface area contributed by atoms with Gasteiger partial charge in [0, 0.05) is 38.8 Å². The highest BCUT2D eigenvalue weighted by atomic mass is 32.2. The van der Waals surface area contributed by atoms with Crippen molar-refractivity contribution in [1.29, 1.82) is 0 Å². The van der Waals surface area contributed by atoms with Gasteiger partial charge < -0.3 is 15.1 Å². The summed E-state index contributed by atoms with van der Waals surface area (Å²) in [7, 11) is -3.51. The Morgan fingerprint density at radius 1 is 1.09 bits per heavy atom. The number of benzene rings is 1. The normalized spacial score (nSPS) is 15.0. The van der Waals surface area contributed by atoms with Gasteiger partial charge in [-0.3, -0.25) is 4.79 Å². The van der Waals surface area contributed by atoms with E-state index < -0.39 is 10.0 Å². The zero-order valence-electron chi connectivity index (χ0n) is 21.9. The van der Waals surface area contributed by atoms with Crippen LogP contribution in [-0.2, 0) is 21.4 Å². The zero-order chi connectivity index (χ0) is 25.8. The molecule has 3 amide bonds. The minimum Gasteiger partial charge on any atom is -0.338 e. The molecule has 1 N–H and O–H groups in total. The maximum atomic E-state index is 13.6. The van der Waals surface area contributed by atoms with Crippen LogP contribution in [0.15, 0.2) is 30.3 Å². The summed E-state index contributed by atoms with van der Waals surface area (Å²) in [6.45, 7) is 10.3. The Morgan fingerprint density at radius 2 is 1.74 bits per heavy atom. The van der Waals surface area contributed by atoms with Gasteiger partial charge in [0.05, 0.1) is 12.3 Å². The van der Waals surface area contributed by atoms with Crippen LogP contribution in [0.5, 0.6) is 0 Å².